The van der Waals surface area contributed by atoms with Gasteiger partial charge >= 0.3 is 6.18 Å². The largest absolute Gasteiger partial charge is 0.416 e. The second-order valence-electron chi connectivity index (χ2n) is 6.58. The van der Waals surface area contributed by atoms with Crippen LogP contribution in [0.2, 0.25) is 0 Å². The van der Waals surface area contributed by atoms with Crippen molar-refractivity contribution in [2.24, 2.45) is 0 Å². The van der Waals surface area contributed by atoms with Crippen LogP contribution >= 0.6 is 0 Å². The molecule has 8 heteroatoms. The number of nitrogens with one attached hydrogen (secondary N) is 1. The van der Waals surface area contributed by atoms with Crippen molar-refractivity contribution in [3.8, 4) is 0 Å². The number of alkyl halides is 3. The molecule has 0 saturated carbocycles. The molecule has 1 aliphatic rings. The van der Waals surface area contributed by atoms with Gasteiger partial charge in [0.2, 0.25) is 0 Å². The van der Waals surface area contributed by atoms with Crippen LogP contribution in [-0.2, 0) is 6.18 Å². The van der Waals surface area contributed by atoms with Crippen molar-refractivity contribution >= 4 is 29.1 Å². The van der Waals surface area contributed by atoms with Crippen LogP contribution in [0.5, 0.6) is 0 Å². The molecule has 150 valence electrons. The van der Waals surface area contributed by atoms with Crippen LogP contribution in [0.3, 0.4) is 0 Å². The van der Waals surface area contributed by atoms with Gasteiger partial charge in [0, 0.05) is 11.3 Å². The van der Waals surface area contributed by atoms with E-state index >= 15 is 0 Å². The van der Waals surface area contributed by atoms with Gasteiger partial charge in [0.15, 0.2) is 0 Å². The van der Waals surface area contributed by atoms with Crippen molar-refractivity contribution in [1.82, 2.24) is 0 Å². The van der Waals surface area contributed by atoms with Gasteiger partial charge in [0.1, 0.15) is 0 Å². The first-order valence-electron chi connectivity index (χ1n) is 8.82. The van der Waals surface area contributed by atoms with Crippen LogP contribution in [0.4, 0.5) is 24.5 Å². The van der Waals surface area contributed by atoms with Crippen LogP contribution in [0.15, 0.2) is 72.8 Å². The molecule has 0 bridgehead atoms. The molecule has 0 saturated heterocycles. The zero-order chi connectivity index (χ0) is 21.5. The zero-order valence-corrected chi connectivity index (χ0v) is 15.2. The highest BCUT2D eigenvalue weighted by Crippen LogP contribution is 2.37. The Balaban J connectivity index is 1.76. The third-order valence-electron chi connectivity index (χ3n) is 4.59. The monoisotopic (exact) mass is 410 g/mol. The summed E-state index contributed by atoms with van der Waals surface area (Å²) in [5, 5.41) is 2.40. The van der Waals surface area contributed by atoms with Crippen LogP contribution in [-0.4, -0.2) is 17.7 Å². The number of rotatable bonds is 3. The molecule has 1 aliphatic heterocycles. The molecule has 0 atom stereocenters. The molecular weight excluding hydrogens is 397 g/mol. The number of carbonyl (C=O) groups is 3. The molecular formula is C22H13F3N2O3. The van der Waals surface area contributed by atoms with Gasteiger partial charge in [0.25, 0.3) is 17.7 Å². The third kappa shape index (κ3) is 3.43. The Morgan fingerprint density at radius 2 is 1.37 bits per heavy atom. The van der Waals surface area contributed by atoms with E-state index in [0.29, 0.717) is 11.0 Å². The van der Waals surface area contributed by atoms with Gasteiger partial charge in [0.05, 0.1) is 22.4 Å². The molecule has 30 heavy (non-hydrogen) atoms. The second-order valence-corrected chi connectivity index (χ2v) is 6.58. The number of benzene rings is 3. The summed E-state index contributed by atoms with van der Waals surface area (Å²) < 4.78 is 40.4. The molecule has 1 heterocycles. The van der Waals surface area contributed by atoms with E-state index in [9.17, 15) is 27.6 Å². The fourth-order valence-corrected chi connectivity index (χ4v) is 3.19. The minimum atomic E-state index is -4.75. The number of nitrogens with zero attached hydrogens (tertiary/aromatic N) is 1. The van der Waals surface area contributed by atoms with E-state index in [1.165, 1.54) is 24.3 Å². The quantitative estimate of drug-likeness (QED) is 0.634. The highest BCUT2D eigenvalue weighted by Gasteiger charge is 2.38. The Morgan fingerprint density at radius 1 is 0.800 bits per heavy atom. The number of hydrogen-bond donors (Lipinski definition) is 1. The van der Waals surface area contributed by atoms with Crippen molar-refractivity contribution in [2.45, 2.75) is 6.18 Å². The lowest BCUT2D eigenvalue weighted by molar-refractivity contribution is -0.137. The van der Waals surface area contributed by atoms with Crippen molar-refractivity contribution in [2.75, 3.05) is 10.2 Å². The standard InChI is InChI=1S/C22H13F3N2O3/c23-22(24,25)14-10-15(26-19(28)13-6-2-1-3-7-13)12-16(11-14)27-20(29)17-8-4-5-9-18(17)21(27)30/h1-12H,(H,26,28). The van der Waals surface area contributed by atoms with Gasteiger partial charge in [-0.1, -0.05) is 30.3 Å². The van der Waals surface area contributed by atoms with Crippen molar-refractivity contribution in [3.05, 3.63) is 95.1 Å². The van der Waals surface area contributed by atoms with E-state index in [0.717, 1.165) is 12.1 Å². The van der Waals surface area contributed by atoms with Crippen LogP contribution < -0.4 is 10.2 Å². The van der Waals surface area contributed by atoms with E-state index in [1.54, 1.807) is 30.3 Å². The molecule has 0 spiro atoms. The number of hydrogen-bond acceptors (Lipinski definition) is 3. The molecule has 3 amide bonds. The van der Waals surface area contributed by atoms with Crippen molar-refractivity contribution in [1.29, 1.82) is 0 Å². The number of imide groups is 1. The average Bonchev–Trinajstić information content (AvgIpc) is 2.98. The molecule has 4 rings (SSSR count). The number of halogens is 3. The smallest absolute Gasteiger partial charge is 0.322 e. The predicted octanol–water partition coefficient (Wildman–Crippen LogP) is 4.76. The molecule has 1 N–H and O–H groups in total. The van der Waals surface area contributed by atoms with Crippen molar-refractivity contribution < 1.29 is 27.6 Å². The fraction of sp³-hybridized carbons (Fsp3) is 0.0455. The number of amides is 3. The molecule has 0 fully saturated rings. The lowest BCUT2D eigenvalue weighted by Gasteiger charge is -2.18. The van der Waals surface area contributed by atoms with Gasteiger partial charge in [-0.2, -0.15) is 13.2 Å². The Morgan fingerprint density at radius 3 is 1.93 bits per heavy atom. The maximum atomic E-state index is 13.5. The summed E-state index contributed by atoms with van der Waals surface area (Å²) in [5.74, 6) is -2.08. The summed E-state index contributed by atoms with van der Waals surface area (Å²) in [6.45, 7) is 0. The summed E-state index contributed by atoms with van der Waals surface area (Å²) in [4.78, 5) is 38.4. The Labute approximate surface area is 168 Å². The summed E-state index contributed by atoms with van der Waals surface area (Å²) in [5.41, 5.74) is -1.11. The van der Waals surface area contributed by atoms with Gasteiger partial charge in [-0.25, -0.2) is 4.90 Å². The molecule has 0 aliphatic carbocycles. The average molecular weight is 410 g/mol. The Hall–Kier alpha value is -3.94. The predicted molar refractivity (Wildman–Crippen MR) is 103 cm³/mol. The lowest BCUT2D eigenvalue weighted by Crippen LogP contribution is -2.30. The SMILES string of the molecule is O=C(Nc1cc(N2C(=O)c3ccccc3C2=O)cc(C(F)(F)F)c1)c1ccccc1. The van der Waals surface area contributed by atoms with E-state index < -0.39 is 29.5 Å². The van der Waals surface area contributed by atoms with Gasteiger partial charge < -0.3 is 5.32 Å². The lowest BCUT2D eigenvalue weighted by atomic mass is 10.1. The van der Waals surface area contributed by atoms with E-state index in [-0.39, 0.29) is 28.1 Å². The minimum absolute atomic E-state index is 0.106. The fourth-order valence-electron chi connectivity index (χ4n) is 3.19. The molecule has 0 unspecified atom stereocenters. The Kier molecular flexibility index (Phi) is 4.62. The highest BCUT2D eigenvalue weighted by atomic mass is 19.4. The number of fused-ring (bicyclic) bond motifs is 1. The minimum Gasteiger partial charge on any atom is -0.322 e. The van der Waals surface area contributed by atoms with Crippen LogP contribution in [0, 0.1) is 0 Å². The third-order valence-corrected chi connectivity index (χ3v) is 4.59. The molecule has 3 aromatic carbocycles. The van der Waals surface area contributed by atoms with Gasteiger partial charge in [-0.3, -0.25) is 14.4 Å². The topological polar surface area (TPSA) is 66.5 Å². The van der Waals surface area contributed by atoms with Gasteiger partial charge in [-0.05, 0) is 42.5 Å². The van der Waals surface area contributed by atoms with Gasteiger partial charge in [-0.15, -0.1) is 0 Å². The first-order chi connectivity index (χ1) is 14.3. The molecule has 0 aromatic heterocycles. The maximum Gasteiger partial charge on any atom is 0.416 e. The molecule has 0 radical (unpaired) electrons. The maximum absolute atomic E-state index is 13.5. The molecule has 3 aromatic rings. The zero-order valence-electron chi connectivity index (χ0n) is 15.2. The van der Waals surface area contributed by atoms with Crippen LogP contribution in [0.25, 0.3) is 0 Å². The van der Waals surface area contributed by atoms with E-state index in [1.807, 2.05) is 0 Å². The normalized spacial score (nSPS) is 13.4. The summed E-state index contributed by atoms with van der Waals surface area (Å²) in [7, 11) is 0. The summed E-state index contributed by atoms with van der Waals surface area (Å²) in [6.07, 6.45) is -4.75. The number of anilines is 2. The first kappa shape index (κ1) is 19.4. The highest BCUT2D eigenvalue weighted by molar-refractivity contribution is 6.34. The summed E-state index contributed by atoms with van der Waals surface area (Å²) >= 11 is 0. The van der Waals surface area contributed by atoms with Crippen molar-refractivity contribution in [3.63, 3.8) is 0 Å². The summed E-state index contributed by atoms with van der Waals surface area (Å²) in [6, 6.07) is 16.6. The van der Waals surface area contributed by atoms with E-state index in [2.05, 4.69) is 5.32 Å². The Bertz CT molecular complexity index is 1140. The van der Waals surface area contributed by atoms with E-state index in [4.69, 9.17) is 0 Å². The molecule has 5 nitrogen and oxygen atoms in total. The van der Waals surface area contributed by atoms with Crippen LogP contribution in [0.1, 0.15) is 36.6 Å². The first-order valence-corrected chi connectivity index (χ1v) is 8.82. The number of carbonyl (C=O) groups excluding carboxylic acids is 3. The second kappa shape index (κ2) is 7.14.